The molecule has 0 bridgehead atoms. The van der Waals surface area contributed by atoms with Crippen molar-refractivity contribution in [3.8, 4) is 0 Å². The molecule has 1 N–H and O–H groups in total. The third-order valence-corrected chi connectivity index (χ3v) is 2.50. The van der Waals surface area contributed by atoms with E-state index in [0.29, 0.717) is 6.54 Å². The molecule has 1 saturated heterocycles. The number of rotatable bonds is 2. The van der Waals surface area contributed by atoms with Gasteiger partial charge >= 0.3 is 0 Å². The smallest absolute Gasteiger partial charge is 0.187 e. The Morgan fingerprint density at radius 1 is 1.67 bits per heavy atom. The lowest BCUT2D eigenvalue weighted by atomic mass is 10.3. The fourth-order valence-electron chi connectivity index (χ4n) is 1.47. The zero-order chi connectivity index (χ0) is 9.30. The average molecular weight is 188 g/mol. The largest absolute Gasteiger partial charge is 0.361 e. The van der Waals surface area contributed by atoms with Gasteiger partial charge in [-0.3, -0.25) is 4.90 Å². The second-order valence-corrected chi connectivity index (χ2v) is 3.78. The Kier molecular flexibility index (Phi) is 3.04. The molecule has 0 amide bonds. The number of aliphatic hydroxyl groups excluding tert-OH is 1. The molecular weight excluding hydrogens is 172 g/mol. The van der Waals surface area contributed by atoms with Crippen LogP contribution in [0.2, 0.25) is 0 Å². The minimum atomic E-state index is -0.512. The lowest BCUT2D eigenvalue weighted by molar-refractivity contribution is -0.0539. The van der Waals surface area contributed by atoms with Crippen molar-refractivity contribution < 1.29 is 5.11 Å². The molecule has 70 valence electrons. The van der Waals surface area contributed by atoms with Gasteiger partial charge < -0.3 is 10.0 Å². The molecule has 1 fully saturated rings. The van der Waals surface area contributed by atoms with Crippen LogP contribution in [-0.2, 0) is 0 Å². The zero-order valence-corrected chi connectivity index (χ0v) is 8.64. The maximum absolute atomic E-state index is 9.75. The fraction of sp³-hybridized carbons (Fsp3) is 0.875. The Labute approximate surface area is 79.0 Å². The van der Waals surface area contributed by atoms with Gasteiger partial charge in [0.25, 0.3) is 0 Å². The van der Waals surface area contributed by atoms with Gasteiger partial charge in [0, 0.05) is 6.04 Å². The van der Waals surface area contributed by atoms with E-state index in [4.69, 9.17) is 12.2 Å². The number of thiocarbonyl (C=S) groups is 1. The van der Waals surface area contributed by atoms with Gasteiger partial charge in [-0.2, -0.15) is 0 Å². The molecule has 1 aliphatic rings. The molecule has 12 heavy (non-hydrogen) atoms. The number of hydrogen-bond acceptors (Lipinski definition) is 3. The van der Waals surface area contributed by atoms with E-state index in [1.807, 2.05) is 30.6 Å². The molecule has 0 aromatic rings. The summed E-state index contributed by atoms with van der Waals surface area (Å²) in [5, 5.41) is 9.75. The Balaban J connectivity index is 2.70. The van der Waals surface area contributed by atoms with Gasteiger partial charge in [-0.25, -0.2) is 0 Å². The summed E-state index contributed by atoms with van der Waals surface area (Å²) < 4.78 is 0. The van der Waals surface area contributed by atoms with Crippen molar-refractivity contribution in [2.24, 2.45) is 0 Å². The topological polar surface area (TPSA) is 26.7 Å². The molecule has 0 aromatic carbocycles. The lowest BCUT2D eigenvalue weighted by Gasteiger charge is -2.28. The first-order valence-electron chi connectivity index (χ1n) is 4.31. The van der Waals surface area contributed by atoms with E-state index in [-0.39, 0.29) is 6.04 Å². The maximum Gasteiger partial charge on any atom is 0.187 e. The van der Waals surface area contributed by atoms with Gasteiger partial charge in [0.2, 0.25) is 0 Å². The summed E-state index contributed by atoms with van der Waals surface area (Å²) in [7, 11) is 0. The molecule has 0 spiro atoms. The zero-order valence-electron chi connectivity index (χ0n) is 7.82. The number of hydrogen-bond donors (Lipinski definition) is 1. The standard InChI is InChI=1S/C8H16N2OS/c1-4-9-5-7(12)10(6(2)3)8(9)11/h6,8,11H,4-5H2,1-3H3. The van der Waals surface area contributed by atoms with Crippen molar-refractivity contribution in [3.63, 3.8) is 0 Å². The molecule has 0 radical (unpaired) electrons. The molecule has 1 unspecified atom stereocenters. The molecule has 0 aromatic heterocycles. The second-order valence-electron chi connectivity index (χ2n) is 3.30. The van der Waals surface area contributed by atoms with Crippen LogP contribution in [0, 0.1) is 0 Å². The molecule has 1 heterocycles. The number of likely N-dealkylation sites (N-methyl/N-ethyl adjacent to an activating group) is 1. The van der Waals surface area contributed by atoms with E-state index in [0.717, 1.165) is 11.5 Å². The van der Waals surface area contributed by atoms with Gasteiger partial charge in [-0.1, -0.05) is 19.1 Å². The fourth-order valence-corrected chi connectivity index (χ4v) is 1.94. The van der Waals surface area contributed by atoms with Crippen LogP contribution in [0.1, 0.15) is 20.8 Å². The molecule has 1 atom stereocenters. The van der Waals surface area contributed by atoms with Crippen LogP contribution in [0.5, 0.6) is 0 Å². The minimum absolute atomic E-state index is 0.282. The van der Waals surface area contributed by atoms with Crippen molar-refractivity contribution >= 4 is 17.2 Å². The van der Waals surface area contributed by atoms with Crippen LogP contribution in [0.25, 0.3) is 0 Å². The first kappa shape index (κ1) is 9.89. The van der Waals surface area contributed by atoms with E-state index in [9.17, 15) is 5.11 Å². The van der Waals surface area contributed by atoms with Crippen LogP contribution in [-0.4, -0.2) is 45.4 Å². The van der Waals surface area contributed by atoms with Gasteiger partial charge in [0.05, 0.1) is 11.5 Å². The van der Waals surface area contributed by atoms with Gasteiger partial charge in [0.1, 0.15) is 0 Å². The highest BCUT2D eigenvalue weighted by molar-refractivity contribution is 7.80. The summed E-state index contributed by atoms with van der Waals surface area (Å²) in [5.41, 5.74) is 0. The molecule has 1 aliphatic heterocycles. The van der Waals surface area contributed by atoms with E-state index >= 15 is 0 Å². The van der Waals surface area contributed by atoms with Crippen LogP contribution in [0.15, 0.2) is 0 Å². The third-order valence-electron chi connectivity index (χ3n) is 2.16. The van der Waals surface area contributed by atoms with Crippen LogP contribution < -0.4 is 0 Å². The highest BCUT2D eigenvalue weighted by Gasteiger charge is 2.33. The van der Waals surface area contributed by atoms with Crippen LogP contribution in [0.3, 0.4) is 0 Å². The van der Waals surface area contributed by atoms with Crippen LogP contribution >= 0.6 is 12.2 Å². The predicted molar refractivity (Wildman–Crippen MR) is 52.8 cm³/mol. The highest BCUT2D eigenvalue weighted by atomic mass is 32.1. The number of nitrogens with zero attached hydrogens (tertiary/aromatic N) is 2. The molecule has 0 saturated carbocycles. The Bertz CT molecular complexity index is 184. The Morgan fingerprint density at radius 3 is 2.50 bits per heavy atom. The minimum Gasteiger partial charge on any atom is -0.361 e. The van der Waals surface area contributed by atoms with E-state index in [1.165, 1.54) is 0 Å². The third kappa shape index (κ3) is 1.60. The van der Waals surface area contributed by atoms with Gasteiger partial charge in [-0.05, 0) is 20.4 Å². The van der Waals surface area contributed by atoms with Crippen LogP contribution in [0.4, 0.5) is 0 Å². The van der Waals surface area contributed by atoms with E-state index < -0.39 is 6.35 Å². The molecule has 3 nitrogen and oxygen atoms in total. The first-order chi connectivity index (χ1) is 5.57. The first-order valence-corrected chi connectivity index (χ1v) is 4.72. The molecule has 0 aliphatic carbocycles. The van der Waals surface area contributed by atoms with Crippen molar-refractivity contribution in [1.29, 1.82) is 0 Å². The SMILES string of the molecule is CCN1CC(=S)N(C(C)C)C1O. The Morgan fingerprint density at radius 2 is 2.25 bits per heavy atom. The van der Waals surface area contributed by atoms with Crippen molar-refractivity contribution in [3.05, 3.63) is 0 Å². The second kappa shape index (κ2) is 3.68. The van der Waals surface area contributed by atoms with Crippen molar-refractivity contribution in [1.82, 2.24) is 9.80 Å². The summed E-state index contributed by atoms with van der Waals surface area (Å²) in [6.45, 7) is 7.65. The number of aliphatic hydroxyl groups is 1. The summed E-state index contributed by atoms with van der Waals surface area (Å²) in [4.78, 5) is 4.67. The normalized spacial score (nSPS) is 25.9. The predicted octanol–water partition coefficient (Wildman–Crippen LogP) is 0.636. The summed E-state index contributed by atoms with van der Waals surface area (Å²) in [5.74, 6) is 0. The molecule has 4 heteroatoms. The average Bonchev–Trinajstić information content (AvgIpc) is 2.25. The maximum atomic E-state index is 9.75. The highest BCUT2D eigenvalue weighted by Crippen LogP contribution is 2.17. The van der Waals surface area contributed by atoms with Crippen molar-refractivity contribution in [2.45, 2.75) is 33.2 Å². The quantitative estimate of drug-likeness (QED) is 0.643. The Hall–Kier alpha value is -0.190. The summed E-state index contributed by atoms with van der Waals surface area (Å²) in [6, 6.07) is 0.282. The van der Waals surface area contributed by atoms with Gasteiger partial charge in [0.15, 0.2) is 6.35 Å². The summed E-state index contributed by atoms with van der Waals surface area (Å²) >= 11 is 5.16. The monoisotopic (exact) mass is 188 g/mol. The van der Waals surface area contributed by atoms with Gasteiger partial charge in [-0.15, -0.1) is 0 Å². The summed E-state index contributed by atoms with van der Waals surface area (Å²) in [6.07, 6.45) is -0.512. The molecule has 1 rings (SSSR count). The van der Waals surface area contributed by atoms with E-state index in [1.54, 1.807) is 0 Å². The van der Waals surface area contributed by atoms with Crippen molar-refractivity contribution in [2.75, 3.05) is 13.1 Å². The lowest BCUT2D eigenvalue weighted by Crippen LogP contribution is -2.42. The van der Waals surface area contributed by atoms with E-state index in [2.05, 4.69) is 0 Å². The molecular formula is C8H16N2OS.